The molecule has 1 unspecified atom stereocenters. The molecule has 2 atom stereocenters. The predicted molar refractivity (Wildman–Crippen MR) is 185 cm³/mol. The molecule has 8 heteroatoms. The van der Waals surface area contributed by atoms with E-state index >= 15 is 4.39 Å². The maximum Gasteiger partial charge on any atom is 0.408 e. The lowest BCUT2D eigenvalue weighted by Crippen LogP contribution is -2.34. The van der Waals surface area contributed by atoms with Gasteiger partial charge in [0.15, 0.2) is 0 Å². The molecule has 47 heavy (non-hydrogen) atoms. The van der Waals surface area contributed by atoms with E-state index in [0.29, 0.717) is 28.5 Å². The fourth-order valence-electron chi connectivity index (χ4n) is 5.61. The summed E-state index contributed by atoms with van der Waals surface area (Å²) in [5, 5.41) is 2.75. The van der Waals surface area contributed by atoms with E-state index in [2.05, 4.69) is 29.4 Å². The number of hydrogen-bond acceptors (Lipinski definition) is 6. The van der Waals surface area contributed by atoms with Gasteiger partial charge in [-0.3, -0.25) is 9.69 Å². The molecule has 3 aromatic carbocycles. The fraction of sp³-hybridized carbons (Fsp3) is 0.436. The van der Waals surface area contributed by atoms with Crippen molar-refractivity contribution in [2.24, 2.45) is 0 Å². The average molecular weight is 645 g/mol. The van der Waals surface area contributed by atoms with Crippen LogP contribution in [0.15, 0.2) is 66.7 Å². The van der Waals surface area contributed by atoms with Gasteiger partial charge in [-0.25, -0.2) is 9.18 Å². The first-order valence-electron chi connectivity index (χ1n) is 16.3. The molecule has 1 saturated heterocycles. The van der Waals surface area contributed by atoms with Crippen molar-refractivity contribution >= 4 is 18.1 Å². The van der Waals surface area contributed by atoms with Gasteiger partial charge in [0.1, 0.15) is 29.4 Å². The summed E-state index contributed by atoms with van der Waals surface area (Å²) in [6.45, 7) is 13.9. The number of likely N-dealkylation sites (tertiary alicyclic amines) is 1. The molecule has 1 amide bonds. The number of likely N-dealkylation sites (N-methyl/N-ethyl adjacent to an activating group) is 1. The first-order valence-corrected chi connectivity index (χ1v) is 16.3. The number of ether oxygens (including phenoxy) is 3. The predicted octanol–water partition coefficient (Wildman–Crippen LogP) is 8.65. The van der Waals surface area contributed by atoms with E-state index in [1.165, 1.54) is 0 Å². The van der Waals surface area contributed by atoms with Crippen LogP contribution in [0.25, 0.3) is 17.2 Å². The molecule has 0 radical (unpaired) electrons. The highest BCUT2D eigenvalue weighted by Gasteiger charge is 2.22. The van der Waals surface area contributed by atoms with E-state index < -0.39 is 29.2 Å². The van der Waals surface area contributed by atoms with Crippen molar-refractivity contribution in [3.05, 3.63) is 94.8 Å². The molecule has 3 aromatic rings. The number of carbonyl (C=O) groups excluding carboxylic acids is 2. The second kappa shape index (κ2) is 15.2. The minimum Gasteiger partial charge on any atom is -0.489 e. The van der Waals surface area contributed by atoms with Gasteiger partial charge in [-0.1, -0.05) is 48.6 Å². The fourth-order valence-corrected chi connectivity index (χ4v) is 5.61. The number of benzene rings is 3. The Bertz CT molecular complexity index is 1590. The van der Waals surface area contributed by atoms with Crippen LogP contribution in [0, 0.1) is 5.82 Å². The van der Waals surface area contributed by atoms with Gasteiger partial charge in [-0.05, 0) is 116 Å². The van der Waals surface area contributed by atoms with E-state index in [4.69, 9.17) is 14.2 Å². The number of carbonyl (C=O) groups is 2. The van der Waals surface area contributed by atoms with Gasteiger partial charge in [0.25, 0.3) is 0 Å². The summed E-state index contributed by atoms with van der Waals surface area (Å²) >= 11 is 0. The van der Waals surface area contributed by atoms with Crippen LogP contribution in [-0.2, 0) is 27.3 Å². The highest BCUT2D eigenvalue weighted by Crippen LogP contribution is 2.31. The van der Waals surface area contributed by atoms with Crippen molar-refractivity contribution in [3.63, 3.8) is 0 Å². The number of alkyl carbamates (subject to hydrolysis) is 1. The number of amides is 1. The molecule has 1 N–H and O–H groups in total. The maximum absolute atomic E-state index is 16.2. The smallest absolute Gasteiger partial charge is 0.408 e. The van der Waals surface area contributed by atoms with E-state index in [9.17, 15) is 9.59 Å². The van der Waals surface area contributed by atoms with Crippen LogP contribution in [0.2, 0.25) is 0 Å². The Kier molecular flexibility index (Phi) is 11.5. The van der Waals surface area contributed by atoms with Crippen molar-refractivity contribution in [2.45, 2.75) is 97.6 Å². The molecule has 4 rings (SSSR count). The summed E-state index contributed by atoms with van der Waals surface area (Å²) < 4.78 is 33.4. The van der Waals surface area contributed by atoms with Crippen LogP contribution >= 0.6 is 0 Å². The Hall–Kier alpha value is -4.17. The van der Waals surface area contributed by atoms with Crippen LogP contribution in [0.3, 0.4) is 0 Å². The Morgan fingerprint density at radius 2 is 1.72 bits per heavy atom. The van der Waals surface area contributed by atoms with Crippen LogP contribution in [0.5, 0.6) is 5.75 Å². The quantitative estimate of drug-likeness (QED) is 0.223. The van der Waals surface area contributed by atoms with Gasteiger partial charge >= 0.3 is 12.1 Å². The second-order valence-corrected chi connectivity index (χ2v) is 14.2. The van der Waals surface area contributed by atoms with Crippen molar-refractivity contribution in [1.82, 2.24) is 10.2 Å². The van der Waals surface area contributed by atoms with Crippen LogP contribution < -0.4 is 10.1 Å². The van der Waals surface area contributed by atoms with Crippen molar-refractivity contribution in [2.75, 3.05) is 13.6 Å². The molecule has 252 valence electrons. The lowest BCUT2D eigenvalue weighted by Gasteiger charge is -2.22. The van der Waals surface area contributed by atoms with Gasteiger partial charge in [0.2, 0.25) is 0 Å². The molecular weight excluding hydrogens is 595 g/mol. The Morgan fingerprint density at radius 1 is 1.00 bits per heavy atom. The number of para-hydroxylation sites is 1. The third-order valence-corrected chi connectivity index (χ3v) is 7.76. The average Bonchev–Trinajstić information content (AvgIpc) is 3.38. The summed E-state index contributed by atoms with van der Waals surface area (Å²) in [7, 11) is 2.12. The van der Waals surface area contributed by atoms with Gasteiger partial charge in [0.05, 0.1) is 12.5 Å². The Balaban J connectivity index is 1.63. The number of nitrogens with one attached hydrogen (secondary N) is 1. The lowest BCUT2D eigenvalue weighted by molar-refractivity contribution is -0.153. The molecule has 0 aromatic heterocycles. The molecule has 1 aliphatic rings. The highest BCUT2D eigenvalue weighted by atomic mass is 19.1. The summed E-state index contributed by atoms with van der Waals surface area (Å²) in [4.78, 5) is 27.3. The monoisotopic (exact) mass is 644 g/mol. The third kappa shape index (κ3) is 10.7. The van der Waals surface area contributed by atoms with E-state index in [0.717, 1.165) is 36.1 Å². The number of hydrogen-bond donors (Lipinski definition) is 1. The topological polar surface area (TPSA) is 77.1 Å². The Morgan fingerprint density at radius 3 is 2.40 bits per heavy atom. The summed E-state index contributed by atoms with van der Waals surface area (Å²) in [5.41, 5.74) is 2.72. The Labute approximate surface area is 279 Å². The number of nitrogens with zero attached hydrogens (tertiary/aromatic N) is 1. The van der Waals surface area contributed by atoms with Gasteiger partial charge in [-0.15, -0.1) is 0 Å². The molecule has 1 aliphatic heterocycles. The van der Waals surface area contributed by atoms with Crippen LogP contribution in [0.4, 0.5) is 9.18 Å². The molecule has 0 bridgehead atoms. The van der Waals surface area contributed by atoms with E-state index in [1.54, 1.807) is 45.9 Å². The number of esters is 1. The minimum absolute atomic E-state index is 0.0872. The largest absolute Gasteiger partial charge is 0.489 e. The number of halogens is 1. The normalized spacial score (nSPS) is 16.2. The van der Waals surface area contributed by atoms with E-state index in [-0.39, 0.29) is 19.0 Å². The third-order valence-electron chi connectivity index (χ3n) is 7.76. The van der Waals surface area contributed by atoms with E-state index in [1.807, 2.05) is 63.2 Å². The van der Waals surface area contributed by atoms with Gasteiger partial charge < -0.3 is 19.5 Å². The lowest BCUT2D eigenvalue weighted by atomic mass is 9.95. The van der Waals surface area contributed by atoms with Gasteiger partial charge in [0, 0.05) is 22.7 Å². The van der Waals surface area contributed by atoms with Crippen molar-refractivity contribution in [3.8, 4) is 16.9 Å². The summed E-state index contributed by atoms with van der Waals surface area (Å²) in [6.07, 6.45) is 6.02. The van der Waals surface area contributed by atoms with Crippen molar-refractivity contribution < 1.29 is 28.2 Å². The first kappa shape index (κ1) is 35.7. The molecule has 7 nitrogen and oxygen atoms in total. The molecule has 0 aliphatic carbocycles. The van der Waals surface area contributed by atoms with Crippen LogP contribution in [-0.4, -0.2) is 47.8 Å². The first-order chi connectivity index (χ1) is 22.1. The van der Waals surface area contributed by atoms with Crippen LogP contribution in [0.1, 0.15) is 89.6 Å². The molecule has 1 heterocycles. The summed E-state index contributed by atoms with van der Waals surface area (Å²) in [6, 6.07) is 18.3. The highest BCUT2D eigenvalue weighted by molar-refractivity contribution is 5.74. The summed E-state index contributed by atoms with van der Waals surface area (Å²) in [5.74, 6) is -0.156. The number of rotatable bonds is 10. The standard InChI is InChI=1S/C39H49FN2O5/c1-26(41-37(44)47-39(5,6)7)32-15-11-16-33(36(32)40)30-22-27(18-19-31-14-12-20-42(31)8)21-28(23-30)25-45-34-17-10-9-13-29(34)24-35(43)46-38(2,3)4/h9-11,13,15-19,21-23,26,31H,12,14,20,24-25H2,1-8H3,(H,41,44)/b19-18+/t26-,31?/m1/s1. The molecule has 0 spiro atoms. The zero-order valence-electron chi connectivity index (χ0n) is 29.0. The molecular formula is C39H49FN2O5. The molecule has 0 saturated carbocycles. The SMILES string of the molecule is C[C@@H](NC(=O)OC(C)(C)C)c1cccc(-c2cc(/C=C/C3CCCN3C)cc(COc3ccccc3CC(=O)OC(C)(C)C)c2)c1F. The zero-order chi connectivity index (χ0) is 34.4. The van der Waals surface area contributed by atoms with Crippen molar-refractivity contribution in [1.29, 1.82) is 0 Å². The minimum atomic E-state index is -0.666. The van der Waals surface area contributed by atoms with Gasteiger partial charge in [-0.2, -0.15) is 0 Å². The zero-order valence-corrected chi connectivity index (χ0v) is 29.0. The molecule has 1 fully saturated rings. The maximum atomic E-state index is 16.2. The second-order valence-electron chi connectivity index (χ2n) is 14.2.